The molecule has 0 saturated heterocycles. The molecule has 0 aromatic carbocycles. The third-order valence-corrected chi connectivity index (χ3v) is 3.61. The molecule has 1 saturated carbocycles. The zero-order valence-electron chi connectivity index (χ0n) is 10.2. The third-order valence-electron chi connectivity index (χ3n) is 3.61. The summed E-state index contributed by atoms with van der Waals surface area (Å²) in [4.78, 5) is 16.9. The number of carbonyl (C=O) groups is 1. The zero-order chi connectivity index (χ0) is 12.3. The van der Waals surface area contributed by atoms with Gasteiger partial charge in [-0.15, -0.1) is 0 Å². The molecule has 1 aliphatic carbocycles. The van der Waals surface area contributed by atoms with Gasteiger partial charge in [0.1, 0.15) is 0 Å². The van der Waals surface area contributed by atoms with E-state index < -0.39 is 0 Å². The quantitative estimate of drug-likeness (QED) is 0.831. The maximum atomic E-state index is 12.0. The smallest absolute Gasteiger partial charge is 0.228 e. The standard InChI is InChI=1S/C13H20N2O2/c1-15(11-4-6-12(16)7-5-11)13(17)9-10-3-2-8-14-10/h2-3,8,11-12,14,16H,4-7,9H2,1H3. The lowest BCUT2D eigenvalue weighted by molar-refractivity contribution is -0.132. The van der Waals surface area contributed by atoms with Crippen LogP contribution in [-0.4, -0.2) is 40.1 Å². The molecule has 0 bridgehead atoms. The zero-order valence-corrected chi connectivity index (χ0v) is 10.2. The fourth-order valence-electron chi connectivity index (χ4n) is 2.41. The van der Waals surface area contributed by atoms with Crippen LogP contribution in [0.15, 0.2) is 18.3 Å². The van der Waals surface area contributed by atoms with Crippen LogP contribution in [0, 0.1) is 0 Å². The summed E-state index contributed by atoms with van der Waals surface area (Å²) < 4.78 is 0. The Labute approximate surface area is 102 Å². The van der Waals surface area contributed by atoms with E-state index in [9.17, 15) is 9.90 Å². The van der Waals surface area contributed by atoms with Crippen molar-refractivity contribution in [3.05, 3.63) is 24.0 Å². The van der Waals surface area contributed by atoms with Crippen molar-refractivity contribution in [2.75, 3.05) is 7.05 Å². The van der Waals surface area contributed by atoms with E-state index in [1.54, 1.807) is 0 Å². The highest BCUT2D eigenvalue weighted by Gasteiger charge is 2.25. The summed E-state index contributed by atoms with van der Waals surface area (Å²) in [6.45, 7) is 0. The molecule has 0 spiro atoms. The highest BCUT2D eigenvalue weighted by Crippen LogP contribution is 2.22. The van der Waals surface area contributed by atoms with Gasteiger partial charge >= 0.3 is 0 Å². The van der Waals surface area contributed by atoms with Crippen molar-refractivity contribution in [1.82, 2.24) is 9.88 Å². The molecule has 0 atom stereocenters. The molecule has 0 aliphatic heterocycles. The van der Waals surface area contributed by atoms with Gasteiger partial charge in [0.05, 0.1) is 12.5 Å². The van der Waals surface area contributed by atoms with E-state index in [2.05, 4.69) is 4.98 Å². The maximum absolute atomic E-state index is 12.0. The Hall–Kier alpha value is -1.29. The number of aromatic nitrogens is 1. The molecular weight excluding hydrogens is 216 g/mol. The van der Waals surface area contributed by atoms with Gasteiger partial charge in [0.2, 0.25) is 5.91 Å². The van der Waals surface area contributed by atoms with E-state index in [0.717, 1.165) is 31.4 Å². The number of hydrogen-bond acceptors (Lipinski definition) is 2. The topological polar surface area (TPSA) is 56.3 Å². The average Bonchev–Trinajstić information content (AvgIpc) is 2.82. The number of nitrogens with zero attached hydrogens (tertiary/aromatic N) is 1. The molecule has 4 nitrogen and oxygen atoms in total. The minimum Gasteiger partial charge on any atom is -0.393 e. The van der Waals surface area contributed by atoms with Crippen molar-refractivity contribution >= 4 is 5.91 Å². The van der Waals surface area contributed by atoms with Crippen LogP contribution in [0.5, 0.6) is 0 Å². The van der Waals surface area contributed by atoms with E-state index >= 15 is 0 Å². The Morgan fingerprint density at radius 1 is 1.47 bits per heavy atom. The summed E-state index contributed by atoms with van der Waals surface area (Å²) in [6.07, 6.45) is 5.54. The SMILES string of the molecule is CN(C(=O)Cc1ccc[nH]1)C1CCC(O)CC1. The number of hydrogen-bond donors (Lipinski definition) is 2. The molecule has 1 heterocycles. The lowest BCUT2D eigenvalue weighted by Crippen LogP contribution is -2.41. The fourth-order valence-corrected chi connectivity index (χ4v) is 2.41. The summed E-state index contributed by atoms with van der Waals surface area (Å²) in [5.74, 6) is 0.147. The number of aliphatic hydroxyl groups is 1. The number of aromatic amines is 1. The highest BCUT2D eigenvalue weighted by atomic mass is 16.3. The van der Waals surface area contributed by atoms with Gasteiger partial charge in [-0.1, -0.05) is 0 Å². The molecule has 1 fully saturated rings. The fraction of sp³-hybridized carbons (Fsp3) is 0.615. The number of amides is 1. The molecule has 1 aromatic heterocycles. The van der Waals surface area contributed by atoms with Gasteiger partial charge in [0.15, 0.2) is 0 Å². The van der Waals surface area contributed by atoms with Crippen LogP contribution in [0.4, 0.5) is 0 Å². The number of nitrogens with one attached hydrogen (secondary N) is 1. The Bertz CT molecular complexity index is 354. The number of likely N-dealkylation sites (N-methyl/N-ethyl adjacent to an activating group) is 1. The van der Waals surface area contributed by atoms with Crippen LogP contribution < -0.4 is 0 Å². The predicted molar refractivity (Wildman–Crippen MR) is 65.5 cm³/mol. The van der Waals surface area contributed by atoms with Gasteiger partial charge < -0.3 is 15.0 Å². The second kappa shape index (κ2) is 5.36. The molecule has 2 rings (SSSR count). The number of rotatable bonds is 3. The van der Waals surface area contributed by atoms with Crippen LogP contribution in [0.3, 0.4) is 0 Å². The Morgan fingerprint density at radius 3 is 2.76 bits per heavy atom. The number of H-pyrrole nitrogens is 1. The molecule has 1 aliphatic rings. The molecule has 1 amide bonds. The number of carbonyl (C=O) groups excluding carboxylic acids is 1. The molecule has 94 valence electrons. The normalized spacial score (nSPS) is 24.6. The third kappa shape index (κ3) is 3.09. The molecule has 1 aromatic rings. The van der Waals surface area contributed by atoms with E-state index in [0.29, 0.717) is 12.5 Å². The van der Waals surface area contributed by atoms with E-state index in [1.165, 1.54) is 0 Å². The van der Waals surface area contributed by atoms with Gasteiger partial charge in [0, 0.05) is 25.0 Å². The van der Waals surface area contributed by atoms with Gasteiger partial charge in [0.25, 0.3) is 0 Å². The lowest BCUT2D eigenvalue weighted by Gasteiger charge is -2.33. The summed E-state index contributed by atoms with van der Waals surface area (Å²) in [5, 5.41) is 9.45. The molecule has 2 N–H and O–H groups in total. The Morgan fingerprint density at radius 2 is 2.18 bits per heavy atom. The predicted octanol–water partition coefficient (Wildman–Crippen LogP) is 1.32. The largest absolute Gasteiger partial charge is 0.393 e. The first kappa shape index (κ1) is 12.2. The minimum atomic E-state index is -0.168. The molecule has 0 radical (unpaired) electrons. The number of aliphatic hydroxyl groups excluding tert-OH is 1. The molecule has 17 heavy (non-hydrogen) atoms. The van der Waals surface area contributed by atoms with Gasteiger partial charge in [-0.2, -0.15) is 0 Å². The molecular formula is C13H20N2O2. The van der Waals surface area contributed by atoms with Crippen molar-refractivity contribution in [2.24, 2.45) is 0 Å². The van der Waals surface area contributed by atoms with Crippen molar-refractivity contribution in [3.63, 3.8) is 0 Å². The van der Waals surface area contributed by atoms with Crippen LogP contribution in [0.2, 0.25) is 0 Å². The Kier molecular flexibility index (Phi) is 3.84. The van der Waals surface area contributed by atoms with Crippen molar-refractivity contribution in [2.45, 2.75) is 44.2 Å². The summed E-state index contributed by atoms with van der Waals surface area (Å²) >= 11 is 0. The van der Waals surface area contributed by atoms with Crippen molar-refractivity contribution < 1.29 is 9.90 Å². The van der Waals surface area contributed by atoms with Crippen LogP contribution in [0.25, 0.3) is 0 Å². The molecule has 4 heteroatoms. The first-order chi connectivity index (χ1) is 8.16. The summed E-state index contributed by atoms with van der Waals surface area (Å²) in [7, 11) is 1.87. The van der Waals surface area contributed by atoms with Gasteiger partial charge in [-0.3, -0.25) is 4.79 Å². The van der Waals surface area contributed by atoms with Crippen LogP contribution in [-0.2, 0) is 11.2 Å². The van der Waals surface area contributed by atoms with Gasteiger partial charge in [-0.25, -0.2) is 0 Å². The minimum absolute atomic E-state index is 0.147. The van der Waals surface area contributed by atoms with Crippen molar-refractivity contribution in [3.8, 4) is 0 Å². The van der Waals surface area contributed by atoms with Crippen LogP contribution >= 0.6 is 0 Å². The lowest BCUT2D eigenvalue weighted by atomic mass is 9.92. The van der Waals surface area contributed by atoms with Gasteiger partial charge in [-0.05, 0) is 37.8 Å². The van der Waals surface area contributed by atoms with E-state index in [-0.39, 0.29) is 12.0 Å². The van der Waals surface area contributed by atoms with Crippen LogP contribution in [0.1, 0.15) is 31.4 Å². The first-order valence-corrected chi connectivity index (χ1v) is 6.23. The van der Waals surface area contributed by atoms with E-state index in [1.807, 2.05) is 30.3 Å². The summed E-state index contributed by atoms with van der Waals surface area (Å²) in [5.41, 5.74) is 0.956. The monoisotopic (exact) mass is 236 g/mol. The second-order valence-corrected chi connectivity index (χ2v) is 4.84. The molecule has 0 unspecified atom stereocenters. The second-order valence-electron chi connectivity index (χ2n) is 4.84. The Balaban J connectivity index is 1.86. The highest BCUT2D eigenvalue weighted by molar-refractivity contribution is 5.78. The first-order valence-electron chi connectivity index (χ1n) is 6.23. The summed E-state index contributed by atoms with van der Waals surface area (Å²) in [6, 6.07) is 4.12. The van der Waals surface area contributed by atoms with Crippen molar-refractivity contribution in [1.29, 1.82) is 0 Å². The van der Waals surface area contributed by atoms with E-state index in [4.69, 9.17) is 0 Å². The average molecular weight is 236 g/mol. The maximum Gasteiger partial charge on any atom is 0.228 e.